The molecule has 18 heavy (non-hydrogen) atoms. The molecule has 1 atom stereocenters. The van der Waals surface area contributed by atoms with E-state index in [9.17, 15) is 4.79 Å². The Morgan fingerprint density at radius 1 is 1.61 bits per heavy atom. The van der Waals surface area contributed by atoms with Crippen molar-refractivity contribution in [2.45, 2.75) is 18.9 Å². The standard InChI is InChI=1S/C13H14BrN3O/c14-10-3-1-4-11(9-10)16-13(18)12-5-2-7-17(12)8-6-15/h1,3-4,9,12H,2,5,7-8H2,(H,16,18)/t12-/m1/s1. The zero-order valence-corrected chi connectivity index (χ0v) is 11.5. The van der Waals surface area contributed by atoms with Gasteiger partial charge in [0.25, 0.3) is 0 Å². The number of hydrogen-bond donors (Lipinski definition) is 1. The predicted molar refractivity (Wildman–Crippen MR) is 73.0 cm³/mol. The second-order valence-corrected chi connectivity index (χ2v) is 5.20. The van der Waals surface area contributed by atoms with E-state index in [1.165, 1.54) is 0 Å². The molecule has 0 bridgehead atoms. The number of halogens is 1. The zero-order chi connectivity index (χ0) is 13.0. The van der Waals surface area contributed by atoms with E-state index in [0.717, 1.165) is 29.5 Å². The third-order valence-electron chi connectivity index (χ3n) is 3.03. The Morgan fingerprint density at radius 2 is 2.44 bits per heavy atom. The smallest absolute Gasteiger partial charge is 0.241 e. The molecule has 0 radical (unpaired) electrons. The Bertz CT molecular complexity index is 483. The van der Waals surface area contributed by atoms with E-state index in [1.807, 2.05) is 29.2 Å². The van der Waals surface area contributed by atoms with Gasteiger partial charge in [0.05, 0.1) is 18.7 Å². The van der Waals surface area contributed by atoms with Gasteiger partial charge < -0.3 is 5.32 Å². The highest BCUT2D eigenvalue weighted by atomic mass is 79.9. The molecular formula is C13H14BrN3O. The summed E-state index contributed by atoms with van der Waals surface area (Å²) in [6.45, 7) is 1.14. The first-order valence-electron chi connectivity index (χ1n) is 5.88. The fourth-order valence-corrected chi connectivity index (χ4v) is 2.59. The number of nitrogens with zero attached hydrogens (tertiary/aromatic N) is 2. The number of rotatable bonds is 3. The van der Waals surface area contributed by atoms with Gasteiger partial charge in [-0.1, -0.05) is 22.0 Å². The number of hydrogen-bond acceptors (Lipinski definition) is 3. The van der Waals surface area contributed by atoms with Gasteiger partial charge in [-0.25, -0.2) is 0 Å². The van der Waals surface area contributed by atoms with Crippen molar-refractivity contribution in [1.82, 2.24) is 4.90 Å². The summed E-state index contributed by atoms with van der Waals surface area (Å²) in [7, 11) is 0. The summed E-state index contributed by atoms with van der Waals surface area (Å²) in [6.07, 6.45) is 1.79. The number of benzene rings is 1. The average Bonchev–Trinajstić information content (AvgIpc) is 2.78. The van der Waals surface area contributed by atoms with Crippen molar-refractivity contribution < 1.29 is 4.79 Å². The summed E-state index contributed by atoms with van der Waals surface area (Å²) in [5.74, 6) is -0.0270. The van der Waals surface area contributed by atoms with E-state index in [0.29, 0.717) is 6.54 Å². The van der Waals surface area contributed by atoms with Gasteiger partial charge in [0.2, 0.25) is 5.91 Å². The highest BCUT2D eigenvalue weighted by Gasteiger charge is 2.30. The quantitative estimate of drug-likeness (QED) is 0.872. The zero-order valence-electron chi connectivity index (χ0n) is 9.90. The second-order valence-electron chi connectivity index (χ2n) is 4.29. The fourth-order valence-electron chi connectivity index (χ4n) is 2.19. The van der Waals surface area contributed by atoms with E-state index >= 15 is 0 Å². The van der Waals surface area contributed by atoms with Gasteiger partial charge in [0, 0.05) is 16.7 Å². The van der Waals surface area contributed by atoms with Crippen LogP contribution < -0.4 is 5.32 Å². The number of nitriles is 1. The van der Waals surface area contributed by atoms with Crippen molar-refractivity contribution in [3.05, 3.63) is 28.7 Å². The minimum Gasteiger partial charge on any atom is -0.325 e. The van der Waals surface area contributed by atoms with Crippen LogP contribution in [-0.4, -0.2) is 29.9 Å². The van der Waals surface area contributed by atoms with E-state index < -0.39 is 0 Å². The molecule has 1 saturated heterocycles. The maximum absolute atomic E-state index is 12.1. The Kier molecular flexibility index (Phi) is 4.34. The molecule has 1 aliphatic rings. The molecule has 0 aromatic heterocycles. The first-order chi connectivity index (χ1) is 8.70. The van der Waals surface area contributed by atoms with Crippen molar-refractivity contribution in [2.24, 2.45) is 0 Å². The summed E-state index contributed by atoms with van der Waals surface area (Å²) < 4.78 is 0.931. The predicted octanol–water partition coefficient (Wildman–Crippen LogP) is 2.38. The number of likely N-dealkylation sites (tertiary alicyclic amines) is 1. The summed E-state index contributed by atoms with van der Waals surface area (Å²) in [6, 6.07) is 9.43. The molecule has 0 unspecified atom stereocenters. The molecule has 1 amide bonds. The minimum atomic E-state index is -0.177. The lowest BCUT2D eigenvalue weighted by molar-refractivity contribution is -0.120. The fraction of sp³-hybridized carbons (Fsp3) is 0.385. The van der Waals surface area contributed by atoms with Crippen LogP contribution >= 0.6 is 15.9 Å². The maximum Gasteiger partial charge on any atom is 0.241 e. The number of anilines is 1. The van der Waals surface area contributed by atoms with Crippen molar-refractivity contribution in [2.75, 3.05) is 18.4 Å². The third kappa shape index (κ3) is 3.09. The molecule has 0 aliphatic carbocycles. The molecule has 1 fully saturated rings. The van der Waals surface area contributed by atoms with Crippen molar-refractivity contribution in [3.63, 3.8) is 0 Å². The molecule has 1 aromatic carbocycles. The molecule has 1 N–H and O–H groups in total. The molecule has 1 heterocycles. The summed E-state index contributed by atoms with van der Waals surface area (Å²) >= 11 is 3.37. The largest absolute Gasteiger partial charge is 0.325 e. The molecule has 0 saturated carbocycles. The lowest BCUT2D eigenvalue weighted by atomic mass is 10.2. The van der Waals surface area contributed by atoms with E-state index in [-0.39, 0.29) is 11.9 Å². The Morgan fingerprint density at radius 3 is 3.17 bits per heavy atom. The molecule has 1 aromatic rings. The van der Waals surface area contributed by atoms with Crippen LogP contribution in [-0.2, 0) is 4.79 Å². The Balaban J connectivity index is 2.01. The van der Waals surface area contributed by atoms with Gasteiger partial charge in [-0.3, -0.25) is 9.69 Å². The molecular weight excluding hydrogens is 294 g/mol. The third-order valence-corrected chi connectivity index (χ3v) is 3.53. The summed E-state index contributed by atoms with van der Waals surface area (Å²) in [4.78, 5) is 14.1. The normalized spacial score (nSPS) is 19.4. The van der Waals surface area contributed by atoms with Crippen LogP contribution in [0.1, 0.15) is 12.8 Å². The molecule has 5 heteroatoms. The first-order valence-corrected chi connectivity index (χ1v) is 6.67. The molecule has 2 rings (SSSR count). The highest BCUT2D eigenvalue weighted by molar-refractivity contribution is 9.10. The van der Waals surface area contributed by atoms with Crippen molar-refractivity contribution in [3.8, 4) is 6.07 Å². The number of amides is 1. The van der Waals surface area contributed by atoms with Gasteiger partial charge >= 0.3 is 0 Å². The van der Waals surface area contributed by atoms with E-state index in [2.05, 4.69) is 27.3 Å². The van der Waals surface area contributed by atoms with Gasteiger partial charge in [0.1, 0.15) is 0 Å². The van der Waals surface area contributed by atoms with Crippen molar-refractivity contribution in [1.29, 1.82) is 5.26 Å². The lowest BCUT2D eigenvalue weighted by Crippen LogP contribution is -2.39. The van der Waals surface area contributed by atoms with Crippen LogP contribution in [0.2, 0.25) is 0 Å². The van der Waals surface area contributed by atoms with Gasteiger partial charge in [0.15, 0.2) is 0 Å². The molecule has 0 spiro atoms. The van der Waals surface area contributed by atoms with Crippen LogP contribution in [0.5, 0.6) is 0 Å². The van der Waals surface area contributed by atoms with Gasteiger partial charge in [-0.15, -0.1) is 0 Å². The lowest BCUT2D eigenvalue weighted by Gasteiger charge is -2.20. The summed E-state index contributed by atoms with van der Waals surface area (Å²) in [5.41, 5.74) is 0.776. The highest BCUT2D eigenvalue weighted by Crippen LogP contribution is 2.20. The Hall–Kier alpha value is -1.38. The molecule has 1 aliphatic heterocycles. The average molecular weight is 308 g/mol. The van der Waals surface area contributed by atoms with E-state index in [1.54, 1.807) is 0 Å². The number of nitrogens with one attached hydrogen (secondary N) is 1. The second kappa shape index (κ2) is 5.98. The van der Waals surface area contributed by atoms with Gasteiger partial charge in [-0.05, 0) is 31.0 Å². The molecule has 94 valence electrons. The minimum absolute atomic E-state index is 0.0270. The monoisotopic (exact) mass is 307 g/mol. The summed E-state index contributed by atoms with van der Waals surface area (Å²) in [5, 5.41) is 11.6. The van der Waals surface area contributed by atoms with Gasteiger partial charge in [-0.2, -0.15) is 5.26 Å². The first kappa shape index (κ1) is 13.1. The number of carbonyl (C=O) groups excluding carboxylic acids is 1. The maximum atomic E-state index is 12.1. The van der Waals surface area contributed by atoms with Crippen molar-refractivity contribution >= 4 is 27.5 Å². The SMILES string of the molecule is N#CCN1CCC[C@@H]1C(=O)Nc1cccc(Br)c1. The van der Waals surface area contributed by atoms with Crippen LogP contribution in [0.3, 0.4) is 0 Å². The van der Waals surface area contributed by atoms with Crippen LogP contribution in [0, 0.1) is 11.3 Å². The van der Waals surface area contributed by atoms with E-state index in [4.69, 9.17) is 5.26 Å². The van der Waals surface area contributed by atoms with Crippen LogP contribution in [0.25, 0.3) is 0 Å². The topological polar surface area (TPSA) is 56.1 Å². The Labute approximate surface area is 115 Å². The van der Waals surface area contributed by atoms with Crippen LogP contribution in [0.15, 0.2) is 28.7 Å². The number of carbonyl (C=O) groups is 1. The molecule has 4 nitrogen and oxygen atoms in total. The van der Waals surface area contributed by atoms with Crippen LogP contribution in [0.4, 0.5) is 5.69 Å².